The molecular weight excluding hydrogens is 384 g/mol. The van der Waals surface area contributed by atoms with Crippen LogP contribution in [0.5, 0.6) is 11.5 Å². The van der Waals surface area contributed by atoms with Gasteiger partial charge in [0.25, 0.3) is 0 Å². The second-order valence-corrected chi connectivity index (χ2v) is 8.66. The molecule has 0 saturated heterocycles. The minimum absolute atomic E-state index is 0.100. The lowest BCUT2D eigenvalue weighted by molar-refractivity contribution is -0.0419. The fourth-order valence-corrected chi connectivity index (χ4v) is 5.92. The van der Waals surface area contributed by atoms with E-state index in [1.807, 2.05) is 0 Å². The molecule has 0 aromatic heterocycles. The van der Waals surface area contributed by atoms with Gasteiger partial charge in [-0.15, -0.1) is 0 Å². The molecular formula is C24H24O6. The van der Waals surface area contributed by atoms with E-state index in [0.717, 1.165) is 12.8 Å². The number of phenolic OH excluding ortho intramolecular Hbond substituents is 2. The Morgan fingerprint density at radius 2 is 1.33 bits per heavy atom. The van der Waals surface area contributed by atoms with Gasteiger partial charge in [-0.05, 0) is 67.7 Å². The number of aromatic hydroxyl groups is 2. The molecule has 0 heterocycles. The zero-order chi connectivity index (χ0) is 20.8. The van der Waals surface area contributed by atoms with Gasteiger partial charge in [-0.2, -0.15) is 0 Å². The number of esters is 2. The van der Waals surface area contributed by atoms with E-state index in [4.69, 9.17) is 9.47 Å². The average molecular weight is 408 g/mol. The van der Waals surface area contributed by atoms with Crippen molar-refractivity contribution in [2.24, 2.45) is 23.7 Å². The molecule has 5 rings (SSSR count). The smallest absolute Gasteiger partial charge is 0.342 e. The highest BCUT2D eigenvalue weighted by Crippen LogP contribution is 2.60. The number of fused-ring (bicyclic) bond motifs is 5. The Labute approximate surface area is 174 Å². The van der Waals surface area contributed by atoms with E-state index in [-0.39, 0.29) is 28.5 Å². The first kappa shape index (κ1) is 19.0. The number of hydrogen-bond acceptors (Lipinski definition) is 6. The summed E-state index contributed by atoms with van der Waals surface area (Å²) in [4.78, 5) is 25.5. The number of benzene rings is 2. The molecule has 6 heteroatoms. The Hall–Kier alpha value is -3.02. The van der Waals surface area contributed by atoms with Crippen molar-refractivity contribution in [3.63, 3.8) is 0 Å². The van der Waals surface area contributed by atoms with Crippen LogP contribution in [0.4, 0.5) is 0 Å². The van der Waals surface area contributed by atoms with Gasteiger partial charge in [0.2, 0.25) is 0 Å². The normalized spacial score (nSPS) is 31.3. The van der Waals surface area contributed by atoms with Gasteiger partial charge in [-0.25, -0.2) is 9.59 Å². The van der Waals surface area contributed by atoms with Crippen molar-refractivity contribution in [3.05, 3.63) is 59.7 Å². The standard InChI is InChI=1S/C24H24O6/c25-18-7-3-1-5-15(18)23(27)29-20-12-17-13-9-10-14(11-13)21(17)22(20)30-24(28)16-6-2-4-8-19(16)26/h1-8,13-14,17,20-22,25-26H,9-12H2. The molecule has 2 aromatic carbocycles. The molecule has 0 aliphatic heterocycles. The lowest BCUT2D eigenvalue weighted by Gasteiger charge is -2.29. The Bertz CT molecular complexity index is 985. The lowest BCUT2D eigenvalue weighted by atomic mass is 9.81. The summed E-state index contributed by atoms with van der Waals surface area (Å²) < 4.78 is 11.7. The van der Waals surface area contributed by atoms with Crippen LogP contribution < -0.4 is 0 Å². The molecule has 0 spiro atoms. The number of hydrogen-bond donors (Lipinski definition) is 2. The quantitative estimate of drug-likeness (QED) is 0.745. The zero-order valence-electron chi connectivity index (χ0n) is 16.4. The third kappa shape index (κ3) is 3.11. The van der Waals surface area contributed by atoms with Crippen LogP contribution in [0.1, 0.15) is 46.4 Å². The average Bonchev–Trinajstić information content (AvgIpc) is 3.42. The van der Waals surface area contributed by atoms with Gasteiger partial charge in [0.15, 0.2) is 0 Å². The molecule has 3 aliphatic carbocycles. The summed E-state index contributed by atoms with van der Waals surface area (Å²) in [7, 11) is 0. The number of para-hydroxylation sites is 2. The van der Waals surface area contributed by atoms with Crippen molar-refractivity contribution < 1.29 is 29.3 Å². The number of carbonyl (C=O) groups is 2. The highest BCUT2D eigenvalue weighted by molar-refractivity contribution is 5.93. The summed E-state index contributed by atoms with van der Waals surface area (Å²) in [5, 5.41) is 20.0. The summed E-state index contributed by atoms with van der Waals surface area (Å²) in [5.41, 5.74) is 0.207. The van der Waals surface area contributed by atoms with Crippen LogP contribution in [0.2, 0.25) is 0 Å². The summed E-state index contributed by atoms with van der Waals surface area (Å²) in [6.07, 6.45) is 2.96. The second-order valence-electron chi connectivity index (χ2n) is 8.66. The molecule has 3 saturated carbocycles. The maximum absolute atomic E-state index is 12.8. The van der Waals surface area contributed by atoms with Crippen LogP contribution >= 0.6 is 0 Å². The van der Waals surface area contributed by atoms with E-state index in [1.165, 1.54) is 30.7 Å². The lowest BCUT2D eigenvalue weighted by Crippen LogP contribution is -2.37. The highest BCUT2D eigenvalue weighted by Gasteiger charge is 2.59. The maximum Gasteiger partial charge on any atom is 0.342 e. The predicted molar refractivity (Wildman–Crippen MR) is 107 cm³/mol. The van der Waals surface area contributed by atoms with Gasteiger partial charge in [0, 0.05) is 5.92 Å². The molecule has 0 amide bonds. The van der Waals surface area contributed by atoms with Crippen LogP contribution in [0.3, 0.4) is 0 Å². The summed E-state index contributed by atoms with van der Waals surface area (Å²) in [6, 6.07) is 12.5. The number of rotatable bonds is 4. The van der Waals surface area contributed by atoms with Gasteiger partial charge in [0.1, 0.15) is 34.8 Å². The number of phenols is 2. The summed E-state index contributed by atoms with van der Waals surface area (Å²) in [6.45, 7) is 0. The molecule has 2 aromatic rings. The highest BCUT2D eigenvalue weighted by atomic mass is 16.6. The third-order valence-corrected chi connectivity index (χ3v) is 7.16. The minimum Gasteiger partial charge on any atom is -0.507 e. The second kappa shape index (κ2) is 7.35. The van der Waals surface area contributed by atoms with Gasteiger partial charge in [-0.1, -0.05) is 24.3 Å². The van der Waals surface area contributed by atoms with Crippen LogP contribution in [-0.2, 0) is 9.47 Å². The number of ether oxygens (including phenoxy) is 2. The molecule has 3 fully saturated rings. The van der Waals surface area contributed by atoms with Gasteiger partial charge >= 0.3 is 11.9 Å². The van der Waals surface area contributed by atoms with E-state index in [2.05, 4.69) is 0 Å². The van der Waals surface area contributed by atoms with Crippen molar-refractivity contribution in [2.45, 2.75) is 37.9 Å². The van der Waals surface area contributed by atoms with Crippen molar-refractivity contribution >= 4 is 11.9 Å². The Morgan fingerprint density at radius 3 is 1.97 bits per heavy atom. The fraction of sp³-hybridized carbons (Fsp3) is 0.417. The Morgan fingerprint density at radius 1 is 0.767 bits per heavy atom. The Balaban J connectivity index is 1.40. The molecule has 3 aliphatic rings. The molecule has 6 unspecified atom stereocenters. The van der Waals surface area contributed by atoms with E-state index < -0.39 is 24.1 Å². The van der Waals surface area contributed by atoms with Crippen molar-refractivity contribution in [1.29, 1.82) is 0 Å². The molecule has 6 atom stereocenters. The molecule has 0 radical (unpaired) electrons. The Kier molecular flexibility index (Phi) is 4.65. The largest absolute Gasteiger partial charge is 0.507 e. The van der Waals surface area contributed by atoms with Crippen LogP contribution in [0.25, 0.3) is 0 Å². The topological polar surface area (TPSA) is 93.1 Å². The first-order valence-electron chi connectivity index (χ1n) is 10.5. The fourth-order valence-electron chi connectivity index (χ4n) is 5.92. The third-order valence-electron chi connectivity index (χ3n) is 7.16. The van der Waals surface area contributed by atoms with Crippen molar-refractivity contribution in [2.75, 3.05) is 0 Å². The SMILES string of the molecule is O=C(OC1CC2C3CCC(C3)C2C1OC(=O)c1ccccc1O)c1ccccc1O. The van der Waals surface area contributed by atoms with Crippen LogP contribution in [0, 0.1) is 23.7 Å². The van der Waals surface area contributed by atoms with Gasteiger partial charge < -0.3 is 19.7 Å². The molecule has 30 heavy (non-hydrogen) atoms. The van der Waals surface area contributed by atoms with E-state index in [0.29, 0.717) is 24.2 Å². The summed E-state index contributed by atoms with van der Waals surface area (Å²) in [5.74, 6) is 0.0976. The van der Waals surface area contributed by atoms with Crippen LogP contribution in [-0.4, -0.2) is 34.4 Å². The molecule has 6 nitrogen and oxygen atoms in total. The maximum atomic E-state index is 12.8. The molecule has 156 valence electrons. The van der Waals surface area contributed by atoms with E-state index in [1.54, 1.807) is 24.3 Å². The van der Waals surface area contributed by atoms with Crippen LogP contribution in [0.15, 0.2) is 48.5 Å². The number of carbonyl (C=O) groups excluding carboxylic acids is 2. The molecule has 2 N–H and O–H groups in total. The summed E-state index contributed by atoms with van der Waals surface area (Å²) >= 11 is 0. The zero-order valence-corrected chi connectivity index (χ0v) is 16.4. The monoisotopic (exact) mass is 408 g/mol. The van der Waals surface area contributed by atoms with Gasteiger partial charge in [-0.3, -0.25) is 0 Å². The van der Waals surface area contributed by atoms with Crippen molar-refractivity contribution in [1.82, 2.24) is 0 Å². The minimum atomic E-state index is -0.617. The molecule has 2 bridgehead atoms. The first-order valence-corrected chi connectivity index (χ1v) is 10.5. The van der Waals surface area contributed by atoms with E-state index >= 15 is 0 Å². The van der Waals surface area contributed by atoms with E-state index in [9.17, 15) is 19.8 Å². The van der Waals surface area contributed by atoms with Gasteiger partial charge in [0.05, 0.1) is 0 Å². The first-order chi connectivity index (χ1) is 14.5. The predicted octanol–water partition coefficient (Wildman–Crippen LogP) is 3.91. The van der Waals surface area contributed by atoms with Crippen molar-refractivity contribution in [3.8, 4) is 11.5 Å².